The van der Waals surface area contributed by atoms with Crippen LogP contribution in [-0.2, 0) is 28.6 Å². The predicted octanol–water partition coefficient (Wildman–Crippen LogP) is 3.73. The molecule has 0 spiro atoms. The number of thioether (sulfide) groups is 1. The SMILES string of the molecule is CC(=O)O[C@@H]1[C@@H](OC(C)=O)[C@H](OC(C)=O)CS[C@H]1Oc1ccc(-c2cnccc2F)nc1-c1cnccc1F. The minimum Gasteiger partial charge on any atom is -0.473 e. The summed E-state index contributed by atoms with van der Waals surface area (Å²) in [6, 6.07) is 5.23. The molecule has 0 bridgehead atoms. The largest absolute Gasteiger partial charge is 0.473 e. The summed E-state index contributed by atoms with van der Waals surface area (Å²) in [6.45, 7) is 3.53. The number of hydrogen-bond acceptors (Lipinski definition) is 11. The average molecular weight is 560 g/mol. The van der Waals surface area contributed by atoms with E-state index >= 15 is 0 Å². The number of carbonyl (C=O) groups is 3. The monoisotopic (exact) mass is 559 g/mol. The van der Waals surface area contributed by atoms with Crippen LogP contribution in [0.5, 0.6) is 5.75 Å². The van der Waals surface area contributed by atoms with Crippen molar-refractivity contribution in [1.82, 2.24) is 15.0 Å². The van der Waals surface area contributed by atoms with Crippen LogP contribution in [-0.4, -0.2) is 62.4 Å². The highest BCUT2D eigenvalue weighted by Gasteiger charge is 2.48. The van der Waals surface area contributed by atoms with Crippen molar-refractivity contribution >= 4 is 29.7 Å². The van der Waals surface area contributed by atoms with Crippen molar-refractivity contribution in [2.75, 3.05) is 5.75 Å². The van der Waals surface area contributed by atoms with E-state index in [0.29, 0.717) is 0 Å². The van der Waals surface area contributed by atoms with Gasteiger partial charge in [0.1, 0.15) is 23.1 Å². The van der Waals surface area contributed by atoms with Gasteiger partial charge in [-0.25, -0.2) is 13.8 Å². The molecule has 1 saturated heterocycles. The fourth-order valence-corrected chi connectivity index (χ4v) is 5.15. The molecule has 4 atom stereocenters. The molecule has 3 aromatic rings. The van der Waals surface area contributed by atoms with Crippen LogP contribution in [0, 0.1) is 11.6 Å². The molecule has 0 amide bonds. The second-order valence-electron chi connectivity index (χ2n) is 8.37. The molecule has 1 aliphatic heterocycles. The summed E-state index contributed by atoms with van der Waals surface area (Å²) in [6.07, 6.45) is 1.75. The Bertz CT molecular complexity index is 1390. The van der Waals surface area contributed by atoms with E-state index in [9.17, 15) is 23.2 Å². The molecule has 4 heterocycles. The number of ether oxygens (including phenoxy) is 4. The van der Waals surface area contributed by atoms with Crippen LogP contribution >= 0.6 is 11.8 Å². The molecule has 39 heavy (non-hydrogen) atoms. The van der Waals surface area contributed by atoms with E-state index in [1.165, 1.54) is 49.9 Å². The summed E-state index contributed by atoms with van der Waals surface area (Å²) in [5, 5.41) is 0. The lowest BCUT2D eigenvalue weighted by Crippen LogP contribution is -2.55. The van der Waals surface area contributed by atoms with E-state index < -0.39 is 53.3 Å². The fraction of sp³-hybridized carbons (Fsp3) is 0.308. The zero-order chi connectivity index (χ0) is 28.1. The quantitative estimate of drug-likeness (QED) is 0.310. The standard InChI is InChI=1S/C26H23F2N3O7S/c1-13(32)35-22-12-39-26(25(37-15(3)34)24(22)36-14(2)33)38-21-5-4-20(16-10-29-8-6-18(16)27)31-23(21)17-11-30-9-7-19(17)28/h4-11,22,24-26H,12H2,1-3H3/t22-,24+,25-,26-/m1/s1. The second kappa shape index (κ2) is 12.2. The molecule has 4 rings (SSSR count). The minimum absolute atomic E-state index is 0.00493. The number of carbonyl (C=O) groups excluding carboxylic acids is 3. The zero-order valence-electron chi connectivity index (χ0n) is 21.0. The van der Waals surface area contributed by atoms with Crippen molar-refractivity contribution in [1.29, 1.82) is 0 Å². The highest BCUT2D eigenvalue weighted by molar-refractivity contribution is 7.99. The Morgan fingerprint density at radius 2 is 1.41 bits per heavy atom. The molecule has 0 aromatic carbocycles. The zero-order valence-corrected chi connectivity index (χ0v) is 21.8. The van der Waals surface area contributed by atoms with Crippen LogP contribution in [0.3, 0.4) is 0 Å². The molecule has 3 aromatic heterocycles. The van der Waals surface area contributed by atoms with Gasteiger partial charge in [0.05, 0.1) is 16.8 Å². The third-order valence-electron chi connectivity index (χ3n) is 5.47. The Morgan fingerprint density at radius 3 is 2.00 bits per heavy atom. The lowest BCUT2D eigenvalue weighted by molar-refractivity contribution is -0.186. The minimum atomic E-state index is -1.21. The normalized spacial score (nSPS) is 20.5. The summed E-state index contributed by atoms with van der Waals surface area (Å²) in [5.74, 6) is -3.07. The number of pyridine rings is 3. The molecule has 0 N–H and O–H groups in total. The van der Waals surface area contributed by atoms with Gasteiger partial charge in [0, 0.05) is 51.3 Å². The first-order chi connectivity index (χ1) is 18.6. The van der Waals surface area contributed by atoms with Gasteiger partial charge in [-0.3, -0.25) is 24.4 Å². The van der Waals surface area contributed by atoms with E-state index in [-0.39, 0.29) is 34.0 Å². The third-order valence-corrected chi connectivity index (χ3v) is 6.69. The third kappa shape index (κ3) is 6.66. The molecule has 10 nitrogen and oxygen atoms in total. The van der Waals surface area contributed by atoms with Crippen LogP contribution in [0.25, 0.3) is 22.5 Å². The smallest absolute Gasteiger partial charge is 0.303 e. The maximum atomic E-state index is 14.9. The number of nitrogens with zero attached hydrogens (tertiary/aromatic N) is 3. The fourth-order valence-electron chi connectivity index (χ4n) is 3.94. The van der Waals surface area contributed by atoms with E-state index in [0.717, 1.165) is 31.7 Å². The molecular weight excluding hydrogens is 536 g/mol. The van der Waals surface area contributed by atoms with Crippen LogP contribution in [0.15, 0.2) is 49.1 Å². The number of rotatable bonds is 7. The van der Waals surface area contributed by atoms with Gasteiger partial charge in [-0.15, -0.1) is 11.8 Å². The molecule has 0 radical (unpaired) electrons. The molecule has 204 valence electrons. The first-order valence-corrected chi connectivity index (χ1v) is 12.7. The Morgan fingerprint density at radius 1 is 0.821 bits per heavy atom. The van der Waals surface area contributed by atoms with Gasteiger partial charge in [0.25, 0.3) is 0 Å². The Balaban J connectivity index is 1.76. The van der Waals surface area contributed by atoms with Gasteiger partial charge in [0.2, 0.25) is 0 Å². The van der Waals surface area contributed by atoms with Crippen molar-refractivity contribution in [2.45, 2.75) is 44.5 Å². The van der Waals surface area contributed by atoms with Crippen molar-refractivity contribution in [3.8, 4) is 28.3 Å². The van der Waals surface area contributed by atoms with Gasteiger partial charge < -0.3 is 18.9 Å². The van der Waals surface area contributed by atoms with Gasteiger partial charge >= 0.3 is 17.9 Å². The van der Waals surface area contributed by atoms with Crippen molar-refractivity contribution in [2.24, 2.45) is 0 Å². The highest BCUT2D eigenvalue weighted by atomic mass is 32.2. The lowest BCUT2D eigenvalue weighted by atomic mass is 10.1. The molecular formula is C26H23F2N3O7S. The predicted molar refractivity (Wildman–Crippen MR) is 134 cm³/mol. The summed E-state index contributed by atoms with van der Waals surface area (Å²) in [4.78, 5) is 47.9. The molecule has 0 unspecified atom stereocenters. The van der Waals surface area contributed by atoms with E-state index in [1.807, 2.05) is 0 Å². The number of halogens is 2. The van der Waals surface area contributed by atoms with Gasteiger partial charge in [-0.05, 0) is 24.3 Å². The van der Waals surface area contributed by atoms with E-state index in [4.69, 9.17) is 18.9 Å². The van der Waals surface area contributed by atoms with Crippen molar-refractivity contribution < 1.29 is 42.1 Å². The van der Waals surface area contributed by atoms with Crippen molar-refractivity contribution in [3.05, 3.63) is 60.7 Å². The number of aromatic nitrogens is 3. The second-order valence-corrected chi connectivity index (χ2v) is 9.50. The van der Waals surface area contributed by atoms with Gasteiger partial charge in [-0.1, -0.05) is 0 Å². The summed E-state index contributed by atoms with van der Waals surface area (Å²) in [5.41, 5.74) is -0.788. The van der Waals surface area contributed by atoms with Gasteiger partial charge in [-0.2, -0.15) is 0 Å². The lowest BCUT2D eigenvalue weighted by Gasteiger charge is -2.40. The van der Waals surface area contributed by atoms with Crippen LogP contribution in [0.2, 0.25) is 0 Å². The van der Waals surface area contributed by atoms with Crippen LogP contribution in [0.1, 0.15) is 20.8 Å². The first-order valence-electron chi connectivity index (χ1n) is 11.6. The van der Waals surface area contributed by atoms with Crippen LogP contribution < -0.4 is 4.74 Å². The average Bonchev–Trinajstić information content (AvgIpc) is 2.87. The molecule has 13 heteroatoms. The summed E-state index contributed by atoms with van der Waals surface area (Å²) >= 11 is 1.13. The topological polar surface area (TPSA) is 127 Å². The summed E-state index contributed by atoms with van der Waals surface area (Å²) in [7, 11) is 0. The Labute approximate surface area is 226 Å². The Kier molecular flexibility index (Phi) is 8.69. The highest BCUT2D eigenvalue weighted by Crippen LogP contribution is 2.38. The first kappa shape index (κ1) is 27.9. The van der Waals surface area contributed by atoms with Gasteiger partial charge in [0.15, 0.2) is 23.7 Å². The molecule has 0 aliphatic carbocycles. The molecule has 1 fully saturated rings. The van der Waals surface area contributed by atoms with Crippen molar-refractivity contribution in [3.63, 3.8) is 0 Å². The number of esters is 3. The van der Waals surface area contributed by atoms with E-state index in [2.05, 4.69) is 15.0 Å². The Hall–Kier alpha value is -4.13. The molecule has 0 saturated carbocycles. The molecule has 1 aliphatic rings. The maximum Gasteiger partial charge on any atom is 0.303 e. The summed E-state index contributed by atoms with van der Waals surface area (Å²) < 4.78 is 51.7. The number of hydrogen-bond donors (Lipinski definition) is 0. The maximum absolute atomic E-state index is 14.9. The van der Waals surface area contributed by atoms with Crippen LogP contribution in [0.4, 0.5) is 8.78 Å². The van der Waals surface area contributed by atoms with E-state index in [1.54, 1.807) is 0 Å².